The maximum Gasteiger partial charge on any atom is 0.0126 e. The minimum absolute atomic E-state index is 0.0873. The first kappa shape index (κ1) is 15.6. The van der Waals surface area contributed by atoms with Gasteiger partial charge in [-0.15, -0.1) is 0 Å². The van der Waals surface area contributed by atoms with Crippen molar-refractivity contribution in [2.45, 2.75) is 65.3 Å². The molecule has 1 aromatic rings. The van der Waals surface area contributed by atoms with Crippen molar-refractivity contribution >= 4 is 0 Å². The van der Waals surface area contributed by atoms with Gasteiger partial charge in [-0.05, 0) is 54.9 Å². The van der Waals surface area contributed by atoms with E-state index in [1.165, 1.54) is 18.4 Å². The predicted molar refractivity (Wildman–Crippen MR) is 87.7 cm³/mol. The first-order valence-corrected chi connectivity index (χ1v) is 7.89. The normalized spacial score (nSPS) is 31.6. The summed E-state index contributed by atoms with van der Waals surface area (Å²) in [6, 6.07) is 11.0. The number of hydrogen-bond donors (Lipinski definition) is 1. The van der Waals surface area contributed by atoms with Crippen LogP contribution in [0.2, 0.25) is 0 Å². The third-order valence-electron chi connectivity index (χ3n) is 5.49. The second-order valence-corrected chi connectivity index (χ2v) is 8.66. The quantitative estimate of drug-likeness (QED) is 0.826. The molecule has 0 heterocycles. The average molecular weight is 273 g/mol. The van der Waals surface area contributed by atoms with E-state index in [2.05, 4.69) is 71.9 Å². The minimum Gasteiger partial charge on any atom is -0.325 e. The number of rotatable bonds is 2. The van der Waals surface area contributed by atoms with Crippen LogP contribution in [-0.4, -0.2) is 5.54 Å². The van der Waals surface area contributed by atoms with Crippen LogP contribution in [0.5, 0.6) is 0 Å². The van der Waals surface area contributed by atoms with Gasteiger partial charge in [-0.2, -0.15) is 0 Å². The molecule has 0 bridgehead atoms. The predicted octanol–water partition coefficient (Wildman–Crippen LogP) is 4.75. The highest BCUT2D eigenvalue weighted by atomic mass is 14.7. The second kappa shape index (κ2) is 4.87. The molecule has 1 heteroatoms. The lowest BCUT2D eigenvalue weighted by atomic mass is 9.64. The first-order chi connectivity index (χ1) is 9.05. The van der Waals surface area contributed by atoms with Gasteiger partial charge in [0.1, 0.15) is 0 Å². The molecule has 0 saturated heterocycles. The van der Waals surface area contributed by atoms with E-state index in [1.54, 1.807) is 0 Å². The van der Waals surface area contributed by atoms with Gasteiger partial charge in [0.25, 0.3) is 0 Å². The van der Waals surface area contributed by atoms with E-state index in [9.17, 15) is 0 Å². The van der Waals surface area contributed by atoms with Crippen molar-refractivity contribution in [1.82, 2.24) is 0 Å². The van der Waals surface area contributed by atoms with Gasteiger partial charge >= 0.3 is 0 Å². The molecule has 0 radical (unpaired) electrons. The fourth-order valence-corrected chi connectivity index (χ4v) is 4.30. The molecule has 0 spiro atoms. The third-order valence-corrected chi connectivity index (χ3v) is 5.49. The molecule has 1 aromatic carbocycles. The second-order valence-electron chi connectivity index (χ2n) is 8.66. The van der Waals surface area contributed by atoms with E-state index < -0.39 is 0 Å². The number of nitrogens with two attached hydrogens (primary N) is 1. The third kappa shape index (κ3) is 2.79. The Morgan fingerprint density at radius 1 is 1.05 bits per heavy atom. The minimum atomic E-state index is -0.0873. The van der Waals surface area contributed by atoms with E-state index in [-0.39, 0.29) is 11.0 Å². The van der Waals surface area contributed by atoms with Gasteiger partial charge in [0.15, 0.2) is 0 Å². The van der Waals surface area contributed by atoms with Gasteiger partial charge in [-0.1, -0.05) is 58.0 Å². The molecule has 0 aliphatic heterocycles. The van der Waals surface area contributed by atoms with Crippen molar-refractivity contribution in [1.29, 1.82) is 0 Å². The molecule has 20 heavy (non-hydrogen) atoms. The topological polar surface area (TPSA) is 26.0 Å². The Balaban J connectivity index is 2.43. The van der Waals surface area contributed by atoms with Crippen molar-refractivity contribution in [3.05, 3.63) is 35.9 Å². The number of hydrogen-bond acceptors (Lipinski definition) is 1. The summed E-state index contributed by atoms with van der Waals surface area (Å²) in [4.78, 5) is 0. The molecule has 1 nitrogen and oxygen atoms in total. The molecule has 1 aliphatic rings. The lowest BCUT2D eigenvalue weighted by Crippen LogP contribution is -2.40. The van der Waals surface area contributed by atoms with E-state index in [0.29, 0.717) is 17.3 Å². The van der Waals surface area contributed by atoms with Gasteiger partial charge in [0.05, 0.1) is 0 Å². The van der Waals surface area contributed by atoms with Gasteiger partial charge < -0.3 is 5.73 Å². The molecule has 0 aromatic heterocycles. The fourth-order valence-electron chi connectivity index (χ4n) is 4.30. The summed E-state index contributed by atoms with van der Waals surface area (Å²) in [6.45, 7) is 14.0. The van der Waals surface area contributed by atoms with Gasteiger partial charge in [-0.3, -0.25) is 0 Å². The highest BCUT2D eigenvalue weighted by Crippen LogP contribution is 2.56. The van der Waals surface area contributed by atoms with Gasteiger partial charge in [0.2, 0.25) is 0 Å². The van der Waals surface area contributed by atoms with Gasteiger partial charge in [0, 0.05) is 5.54 Å². The van der Waals surface area contributed by atoms with Crippen LogP contribution in [0, 0.1) is 17.3 Å². The first-order valence-electron chi connectivity index (χ1n) is 7.89. The summed E-state index contributed by atoms with van der Waals surface area (Å²) in [5.41, 5.74) is 8.38. The highest BCUT2D eigenvalue weighted by Gasteiger charge is 2.52. The Bertz CT molecular complexity index is 449. The SMILES string of the molecule is CC(C)(C)C1CC(C(C)(C)N)CC1(C)c1ccccc1. The molecule has 3 unspecified atom stereocenters. The van der Waals surface area contributed by atoms with Crippen molar-refractivity contribution in [3.8, 4) is 0 Å². The largest absolute Gasteiger partial charge is 0.325 e. The molecule has 1 saturated carbocycles. The Hall–Kier alpha value is -0.820. The molecule has 3 atom stereocenters. The van der Waals surface area contributed by atoms with E-state index in [0.717, 1.165) is 0 Å². The summed E-state index contributed by atoms with van der Waals surface area (Å²) in [5, 5.41) is 0. The lowest BCUT2D eigenvalue weighted by Gasteiger charge is -2.40. The molecule has 1 aliphatic carbocycles. The van der Waals surface area contributed by atoms with Crippen molar-refractivity contribution in [2.75, 3.05) is 0 Å². The Morgan fingerprint density at radius 3 is 2.05 bits per heavy atom. The summed E-state index contributed by atoms with van der Waals surface area (Å²) < 4.78 is 0. The van der Waals surface area contributed by atoms with Gasteiger partial charge in [-0.25, -0.2) is 0 Å². The van der Waals surface area contributed by atoms with E-state index >= 15 is 0 Å². The summed E-state index contributed by atoms with van der Waals surface area (Å²) >= 11 is 0. The average Bonchev–Trinajstić information content (AvgIpc) is 2.69. The maximum absolute atomic E-state index is 6.45. The molecule has 2 rings (SSSR count). The van der Waals surface area contributed by atoms with Crippen molar-refractivity contribution in [2.24, 2.45) is 23.0 Å². The van der Waals surface area contributed by atoms with Crippen LogP contribution in [0.25, 0.3) is 0 Å². The summed E-state index contributed by atoms with van der Waals surface area (Å²) in [5.74, 6) is 1.27. The maximum atomic E-state index is 6.45. The lowest BCUT2D eigenvalue weighted by molar-refractivity contribution is 0.163. The Labute approximate surface area is 125 Å². The van der Waals surface area contributed by atoms with Crippen LogP contribution >= 0.6 is 0 Å². The van der Waals surface area contributed by atoms with Crippen LogP contribution < -0.4 is 5.73 Å². The Kier molecular flexibility index (Phi) is 3.79. The molecule has 2 N–H and O–H groups in total. The van der Waals surface area contributed by atoms with Crippen LogP contribution in [0.4, 0.5) is 0 Å². The molecular formula is C19H31N. The van der Waals surface area contributed by atoms with E-state index in [4.69, 9.17) is 5.73 Å². The van der Waals surface area contributed by atoms with E-state index in [1.807, 2.05) is 0 Å². The zero-order valence-corrected chi connectivity index (χ0v) is 14.0. The molecule has 112 valence electrons. The molecule has 0 amide bonds. The zero-order valence-electron chi connectivity index (χ0n) is 14.0. The molecular weight excluding hydrogens is 242 g/mol. The van der Waals surface area contributed by atoms with Crippen molar-refractivity contribution in [3.63, 3.8) is 0 Å². The summed E-state index contributed by atoms with van der Waals surface area (Å²) in [6.07, 6.45) is 2.43. The smallest absolute Gasteiger partial charge is 0.0126 e. The zero-order chi connectivity index (χ0) is 15.2. The standard InChI is InChI=1S/C19H31N/c1-17(2,3)16-12-15(18(4,5)20)13-19(16,6)14-10-8-7-9-11-14/h7-11,15-16H,12-13,20H2,1-6H3. The van der Waals surface area contributed by atoms with Crippen LogP contribution in [0.3, 0.4) is 0 Å². The highest BCUT2D eigenvalue weighted by molar-refractivity contribution is 5.29. The Morgan fingerprint density at radius 2 is 1.60 bits per heavy atom. The van der Waals surface area contributed by atoms with Crippen LogP contribution in [-0.2, 0) is 5.41 Å². The van der Waals surface area contributed by atoms with Crippen LogP contribution in [0.1, 0.15) is 59.9 Å². The fraction of sp³-hybridized carbons (Fsp3) is 0.684. The van der Waals surface area contributed by atoms with Crippen molar-refractivity contribution < 1.29 is 0 Å². The summed E-state index contributed by atoms with van der Waals surface area (Å²) in [7, 11) is 0. The molecule has 1 fully saturated rings. The van der Waals surface area contributed by atoms with Crippen LogP contribution in [0.15, 0.2) is 30.3 Å². The number of benzene rings is 1. The monoisotopic (exact) mass is 273 g/mol.